The molecule has 4 nitrogen and oxygen atoms in total. The van der Waals surface area contributed by atoms with E-state index in [1.54, 1.807) is 18.2 Å². The Kier molecular flexibility index (Phi) is 5.80. The maximum Gasteiger partial charge on any atom is 0.338 e. The fraction of sp³-hybridized carbons (Fsp3) is 0.211. The molecular weight excluding hydrogens is 292 g/mol. The number of esters is 1. The largest absolute Gasteiger partial charge is 0.494 e. The molecule has 0 heterocycles. The maximum atomic E-state index is 11.9. The van der Waals surface area contributed by atoms with Gasteiger partial charge in [0.2, 0.25) is 0 Å². The summed E-state index contributed by atoms with van der Waals surface area (Å²) in [7, 11) is 1.34. The van der Waals surface area contributed by atoms with Crippen molar-refractivity contribution in [3.8, 4) is 11.5 Å². The molecule has 0 saturated heterocycles. The second-order valence-electron chi connectivity index (χ2n) is 4.89. The van der Waals surface area contributed by atoms with E-state index in [1.165, 1.54) is 7.11 Å². The second kappa shape index (κ2) is 8.03. The van der Waals surface area contributed by atoms with Crippen LogP contribution in [0.15, 0.2) is 55.1 Å². The van der Waals surface area contributed by atoms with Gasteiger partial charge in [0, 0.05) is 5.56 Å². The summed E-state index contributed by atoms with van der Waals surface area (Å²) < 4.78 is 16.2. The average molecular weight is 312 g/mol. The van der Waals surface area contributed by atoms with E-state index in [-0.39, 0.29) is 0 Å². The Morgan fingerprint density at radius 2 is 1.78 bits per heavy atom. The Labute approximate surface area is 136 Å². The average Bonchev–Trinajstić information content (AvgIpc) is 2.59. The molecule has 120 valence electrons. The van der Waals surface area contributed by atoms with E-state index >= 15 is 0 Å². The van der Waals surface area contributed by atoms with Gasteiger partial charge in [-0.1, -0.05) is 31.7 Å². The summed E-state index contributed by atoms with van der Waals surface area (Å²) in [6.45, 7) is 6.44. The highest BCUT2D eigenvalue weighted by Gasteiger charge is 2.16. The zero-order valence-electron chi connectivity index (χ0n) is 13.4. The monoisotopic (exact) mass is 312 g/mol. The lowest BCUT2D eigenvalue weighted by Gasteiger charge is -2.14. The quantitative estimate of drug-likeness (QED) is 0.551. The van der Waals surface area contributed by atoms with Gasteiger partial charge in [0.25, 0.3) is 0 Å². The van der Waals surface area contributed by atoms with Crippen LogP contribution in [0, 0.1) is 0 Å². The fourth-order valence-corrected chi connectivity index (χ4v) is 2.03. The number of methoxy groups -OCH3 is 1. The Morgan fingerprint density at radius 3 is 2.43 bits per heavy atom. The molecule has 0 N–H and O–H groups in total. The standard InChI is InChI=1S/C19H20O4/c1-4-12-22-14(2)18-13-16(10-11-17(18)19(20)21-3)23-15-8-6-5-7-9-15/h5-11,13H,2,4,12H2,1,3H3. The minimum absolute atomic E-state index is 0.397. The summed E-state index contributed by atoms with van der Waals surface area (Å²) in [5.41, 5.74) is 0.966. The molecule has 2 rings (SSSR count). The van der Waals surface area contributed by atoms with Crippen LogP contribution in [0.25, 0.3) is 5.76 Å². The summed E-state index contributed by atoms with van der Waals surface area (Å²) in [6, 6.07) is 14.5. The highest BCUT2D eigenvalue weighted by Crippen LogP contribution is 2.28. The first kappa shape index (κ1) is 16.6. The van der Waals surface area contributed by atoms with Gasteiger partial charge in [-0.15, -0.1) is 0 Å². The van der Waals surface area contributed by atoms with Crippen LogP contribution >= 0.6 is 0 Å². The van der Waals surface area contributed by atoms with Gasteiger partial charge in [0.1, 0.15) is 17.3 Å². The normalized spacial score (nSPS) is 10.0. The van der Waals surface area contributed by atoms with E-state index in [0.29, 0.717) is 35.0 Å². The molecule has 2 aromatic rings. The van der Waals surface area contributed by atoms with Gasteiger partial charge in [-0.25, -0.2) is 4.79 Å². The Balaban J connectivity index is 2.32. The zero-order valence-corrected chi connectivity index (χ0v) is 13.4. The smallest absolute Gasteiger partial charge is 0.338 e. The zero-order chi connectivity index (χ0) is 16.7. The van der Waals surface area contributed by atoms with Gasteiger partial charge in [-0.3, -0.25) is 0 Å². The van der Waals surface area contributed by atoms with Crippen LogP contribution in [-0.4, -0.2) is 19.7 Å². The van der Waals surface area contributed by atoms with Crippen LogP contribution in [0.5, 0.6) is 11.5 Å². The van der Waals surface area contributed by atoms with E-state index in [1.807, 2.05) is 37.3 Å². The number of hydrogen-bond donors (Lipinski definition) is 0. The van der Waals surface area contributed by atoms with E-state index in [4.69, 9.17) is 14.2 Å². The van der Waals surface area contributed by atoms with Crippen molar-refractivity contribution in [1.82, 2.24) is 0 Å². The molecule has 0 bridgehead atoms. The SMILES string of the molecule is C=C(OCCC)c1cc(Oc2ccccc2)ccc1C(=O)OC. The lowest BCUT2D eigenvalue weighted by Crippen LogP contribution is -2.07. The Bertz CT molecular complexity index is 677. The van der Waals surface area contributed by atoms with Gasteiger partial charge >= 0.3 is 5.97 Å². The van der Waals surface area contributed by atoms with Crippen LogP contribution in [-0.2, 0) is 9.47 Å². The molecule has 0 aliphatic rings. The van der Waals surface area contributed by atoms with Crippen molar-refractivity contribution in [2.24, 2.45) is 0 Å². The number of carbonyl (C=O) groups is 1. The van der Waals surface area contributed by atoms with Crippen molar-refractivity contribution in [2.45, 2.75) is 13.3 Å². The first-order valence-electron chi connectivity index (χ1n) is 7.43. The fourth-order valence-electron chi connectivity index (χ4n) is 2.03. The van der Waals surface area contributed by atoms with Crippen molar-refractivity contribution >= 4 is 11.7 Å². The molecule has 0 unspecified atom stereocenters. The van der Waals surface area contributed by atoms with Gasteiger partial charge < -0.3 is 14.2 Å². The predicted molar refractivity (Wildman–Crippen MR) is 89.6 cm³/mol. The molecule has 0 aromatic heterocycles. The topological polar surface area (TPSA) is 44.8 Å². The molecule has 0 spiro atoms. The summed E-state index contributed by atoms with van der Waals surface area (Å²) in [6.07, 6.45) is 0.854. The molecule has 0 aliphatic carbocycles. The number of benzene rings is 2. The number of rotatable bonds is 7. The van der Waals surface area contributed by atoms with Crippen LogP contribution in [0.4, 0.5) is 0 Å². The van der Waals surface area contributed by atoms with Crippen LogP contribution in [0.2, 0.25) is 0 Å². The van der Waals surface area contributed by atoms with Crippen LogP contribution < -0.4 is 4.74 Å². The van der Waals surface area contributed by atoms with Gasteiger partial charge in [-0.05, 0) is 36.8 Å². The highest BCUT2D eigenvalue weighted by atomic mass is 16.5. The molecular formula is C19H20O4. The van der Waals surface area contributed by atoms with E-state index in [0.717, 1.165) is 6.42 Å². The number of para-hydroxylation sites is 1. The maximum absolute atomic E-state index is 11.9. The summed E-state index contributed by atoms with van der Waals surface area (Å²) >= 11 is 0. The van der Waals surface area contributed by atoms with Gasteiger partial charge in [0.05, 0.1) is 19.3 Å². The lowest BCUT2D eigenvalue weighted by atomic mass is 10.1. The lowest BCUT2D eigenvalue weighted by molar-refractivity contribution is 0.0599. The molecule has 23 heavy (non-hydrogen) atoms. The van der Waals surface area contributed by atoms with Gasteiger partial charge in [0.15, 0.2) is 0 Å². The van der Waals surface area contributed by atoms with Crippen molar-refractivity contribution in [3.63, 3.8) is 0 Å². The van der Waals surface area contributed by atoms with Crippen LogP contribution in [0.3, 0.4) is 0 Å². The minimum atomic E-state index is -0.437. The van der Waals surface area contributed by atoms with E-state index < -0.39 is 5.97 Å². The molecule has 0 saturated carbocycles. The predicted octanol–water partition coefficient (Wildman–Crippen LogP) is 4.66. The van der Waals surface area contributed by atoms with Crippen molar-refractivity contribution in [1.29, 1.82) is 0 Å². The summed E-state index contributed by atoms with van der Waals surface area (Å²) in [5.74, 6) is 1.29. The van der Waals surface area contributed by atoms with Gasteiger partial charge in [-0.2, -0.15) is 0 Å². The Morgan fingerprint density at radius 1 is 1.04 bits per heavy atom. The second-order valence-corrected chi connectivity index (χ2v) is 4.89. The molecule has 0 aliphatic heterocycles. The molecule has 0 amide bonds. The molecule has 0 atom stereocenters. The molecule has 4 heteroatoms. The minimum Gasteiger partial charge on any atom is -0.494 e. The molecule has 0 radical (unpaired) electrons. The third kappa shape index (κ3) is 4.36. The number of hydrogen-bond acceptors (Lipinski definition) is 4. The van der Waals surface area contributed by atoms with Crippen molar-refractivity contribution in [3.05, 3.63) is 66.2 Å². The van der Waals surface area contributed by atoms with Crippen LogP contribution in [0.1, 0.15) is 29.3 Å². The first-order chi connectivity index (χ1) is 11.2. The molecule has 0 fully saturated rings. The number of carbonyl (C=O) groups excluding carboxylic acids is 1. The number of ether oxygens (including phenoxy) is 3. The summed E-state index contributed by atoms with van der Waals surface area (Å²) in [4.78, 5) is 11.9. The third-order valence-corrected chi connectivity index (χ3v) is 3.16. The Hall–Kier alpha value is -2.75. The third-order valence-electron chi connectivity index (χ3n) is 3.16. The summed E-state index contributed by atoms with van der Waals surface area (Å²) in [5, 5.41) is 0. The van der Waals surface area contributed by atoms with Crippen molar-refractivity contribution < 1.29 is 19.0 Å². The molecule has 2 aromatic carbocycles. The van der Waals surface area contributed by atoms with E-state index in [9.17, 15) is 4.79 Å². The van der Waals surface area contributed by atoms with E-state index in [2.05, 4.69) is 6.58 Å². The van der Waals surface area contributed by atoms with Crippen molar-refractivity contribution in [2.75, 3.05) is 13.7 Å². The first-order valence-corrected chi connectivity index (χ1v) is 7.43. The highest BCUT2D eigenvalue weighted by molar-refractivity contribution is 5.94.